The molecule has 0 aromatic carbocycles. The van der Waals surface area contributed by atoms with Crippen LogP contribution in [0.4, 0.5) is 0 Å². The van der Waals surface area contributed by atoms with Crippen LogP contribution >= 0.6 is 0 Å². The molecule has 0 saturated heterocycles. The molecule has 2 aromatic rings. The maximum Gasteiger partial charge on any atom is 0.272 e. The highest BCUT2D eigenvalue weighted by molar-refractivity contribution is 5.75. The number of aromatic amines is 1. The number of fused-ring (bicyclic) bond motifs is 1. The number of aromatic nitrogens is 3. The summed E-state index contributed by atoms with van der Waals surface area (Å²) in [5.74, 6) is -0.0241. The Bertz CT molecular complexity index is 707. The van der Waals surface area contributed by atoms with E-state index in [4.69, 9.17) is 0 Å². The van der Waals surface area contributed by atoms with Gasteiger partial charge in [0.2, 0.25) is 5.91 Å². The average molecular weight is 290 g/mol. The number of amides is 1. The molecule has 2 N–H and O–H groups in total. The van der Waals surface area contributed by atoms with Crippen LogP contribution in [0.15, 0.2) is 16.9 Å². The van der Waals surface area contributed by atoms with E-state index in [1.807, 2.05) is 13.0 Å². The van der Waals surface area contributed by atoms with Crippen molar-refractivity contribution in [2.24, 2.45) is 0 Å². The first kappa shape index (κ1) is 15.3. The third-order valence-corrected chi connectivity index (χ3v) is 3.26. The number of H-pyrrole nitrogens is 1. The third-order valence-electron chi connectivity index (χ3n) is 3.26. The van der Waals surface area contributed by atoms with Gasteiger partial charge < -0.3 is 5.32 Å². The van der Waals surface area contributed by atoms with E-state index in [9.17, 15) is 9.59 Å². The maximum atomic E-state index is 12.1. The largest absolute Gasteiger partial charge is 0.350 e. The molecule has 0 spiro atoms. The molecule has 0 fully saturated rings. The summed E-state index contributed by atoms with van der Waals surface area (Å²) in [5, 5.41) is 5.84. The van der Waals surface area contributed by atoms with Crippen LogP contribution in [0, 0.1) is 0 Å². The molecule has 2 rings (SSSR count). The van der Waals surface area contributed by atoms with Crippen LogP contribution in [-0.4, -0.2) is 20.5 Å². The van der Waals surface area contributed by atoms with Crippen molar-refractivity contribution in [3.05, 3.63) is 33.9 Å². The van der Waals surface area contributed by atoms with E-state index in [-0.39, 0.29) is 23.4 Å². The zero-order valence-corrected chi connectivity index (χ0v) is 13.0. The van der Waals surface area contributed by atoms with Crippen LogP contribution in [0.3, 0.4) is 0 Å². The second-order valence-corrected chi connectivity index (χ2v) is 6.23. The Balaban J connectivity index is 2.28. The van der Waals surface area contributed by atoms with E-state index in [2.05, 4.69) is 36.2 Å². The van der Waals surface area contributed by atoms with Crippen molar-refractivity contribution in [3.63, 3.8) is 0 Å². The molecule has 0 saturated carbocycles. The van der Waals surface area contributed by atoms with Crippen molar-refractivity contribution in [2.75, 3.05) is 0 Å². The zero-order chi connectivity index (χ0) is 15.6. The van der Waals surface area contributed by atoms with Gasteiger partial charge in [0.05, 0.1) is 12.2 Å². The Hall–Kier alpha value is -2.11. The lowest BCUT2D eigenvalue weighted by molar-refractivity contribution is -0.121. The van der Waals surface area contributed by atoms with Gasteiger partial charge in [-0.15, -0.1) is 0 Å². The van der Waals surface area contributed by atoms with E-state index in [0.717, 1.165) is 12.1 Å². The first-order chi connectivity index (χ1) is 9.81. The Morgan fingerprint density at radius 2 is 2.10 bits per heavy atom. The predicted molar refractivity (Wildman–Crippen MR) is 81.3 cm³/mol. The topological polar surface area (TPSA) is 79.3 Å². The van der Waals surface area contributed by atoms with Gasteiger partial charge in [-0.2, -0.15) is 0 Å². The van der Waals surface area contributed by atoms with Crippen molar-refractivity contribution in [1.82, 2.24) is 19.9 Å². The molecular weight excluding hydrogens is 268 g/mol. The molecule has 0 unspecified atom stereocenters. The molecule has 0 radical (unpaired) electrons. The molecule has 0 aliphatic heterocycles. The van der Waals surface area contributed by atoms with Gasteiger partial charge in [0.25, 0.3) is 5.56 Å². The summed E-state index contributed by atoms with van der Waals surface area (Å²) >= 11 is 0. The minimum Gasteiger partial charge on any atom is -0.350 e. The Morgan fingerprint density at radius 1 is 1.38 bits per heavy atom. The van der Waals surface area contributed by atoms with Crippen molar-refractivity contribution in [1.29, 1.82) is 0 Å². The van der Waals surface area contributed by atoms with E-state index in [0.29, 0.717) is 17.8 Å². The van der Waals surface area contributed by atoms with Crippen molar-refractivity contribution in [2.45, 2.75) is 52.5 Å². The first-order valence-electron chi connectivity index (χ1n) is 7.20. The summed E-state index contributed by atoms with van der Waals surface area (Å²) in [4.78, 5) is 28.0. The van der Waals surface area contributed by atoms with Crippen LogP contribution in [0.2, 0.25) is 0 Å². The van der Waals surface area contributed by atoms with E-state index in [1.54, 1.807) is 0 Å². The highest BCUT2D eigenvalue weighted by Gasteiger charge is 2.17. The van der Waals surface area contributed by atoms with Crippen molar-refractivity contribution in [3.8, 4) is 0 Å². The standard InChI is InChI=1S/C15H22N4O2/c1-5-6-13(20)16-9-10-7-14(21)19-12(17-10)8-11(18-19)15(2,3)4/h7-8,18H,5-6,9H2,1-4H3,(H,16,20). The maximum absolute atomic E-state index is 12.1. The first-order valence-corrected chi connectivity index (χ1v) is 7.20. The van der Waals surface area contributed by atoms with E-state index in [1.165, 1.54) is 10.6 Å². The number of carbonyl (C=O) groups is 1. The van der Waals surface area contributed by atoms with Crippen LogP contribution in [0.5, 0.6) is 0 Å². The second kappa shape index (κ2) is 5.71. The van der Waals surface area contributed by atoms with Gasteiger partial charge in [-0.05, 0) is 6.42 Å². The summed E-state index contributed by atoms with van der Waals surface area (Å²) in [6.45, 7) is 8.42. The third kappa shape index (κ3) is 3.51. The van der Waals surface area contributed by atoms with Gasteiger partial charge in [-0.1, -0.05) is 27.7 Å². The molecule has 2 heterocycles. The summed E-state index contributed by atoms with van der Waals surface area (Å²) in [5.41, 5.74) is 1.83. The summed E-state index contributed by atoms with van der Waals surface area (Å²) in [6, 6.07) is 3.32. The van der Waals surface area contributed by atoms with Crippen molar-refractivity contribution >= 4 is 11.6 Å². The van der Waals surface area contributed by atoms with Crippen LogP contribution in [0.1, 0.15) is 51.9 Å². The molecule has 2 aromatic heterocycles. The number of hydrogen-bond donors (Lipinski definition) is 2. The molecule has 6 heteroatoms. The average Bonchev–Trinajstić information content (AvgIpc) is 2.81. The highest BCUT2D eigenvalue weighted by atomic mass is 16.1. The lowest BCUT2D eigenvalue weighted by Crippen LogP contribution is -2.25. The summed E-state index contributed by atoms with van der Waals surface area (Å²) in [6.07, 6.45) is 1.28. The zero-order valence-electron chi connectivity index (χ0n) is 13.0. The monoisotopic (exact) mass is 290 g/mol. The van der Waals surface area contributed by atoms with Gasteiger partial charge in [-0.3, -0.25) is 14.7 Å². The molecule has 0 atom stereocenters. The van der Waals surface area contributed by atoms with Gasteiger partial charge in [0.15, 0.2) is 5.65 Å². The van der Waals surface area contributed by atoms with Crippen LogP contribution in [-0.2, 0) is 16.8 Å². The lowest BCUT2D eigenvalue weighted by atomic mass is 9.93. The van der Waals surface area contributed by atoms with Gasteiger partial charge in [-0.25, -0.2) is 9.50 Å². The molecule has 1 amide bonds. The Labute approximate surface area is 123 Å². The second-order valence-electron chi connectivity index (χ2n) is 6.23. The molecule has 6 nitrogen and oxygen atoms in total. The number of nitrogens with zero attached hydrogens (tertiary/aromatic N) is 2. The van der Waals surface area contributed by atoms with Crippen LogP contribution in [0.25, 0.3) is 5.65 Å². The molecule has 0 aliphatic rings. The summed E-state index contributed by atoms with van der Waals surface area (Å²) < 4.78 is 1.43. The molecule has 0 aliphatic carbocycles. The number of rotatable bonds is 4. The molecule has 114 valence electrons. The fourth-order valence-corrected chi connectivity index (χ4v) is 2.02. The minimum absolute atomic E-state index is 0.0241. The number of hydrogen-bond acceptors (Lipinski definition) is 3. The minimum atomic E-state index is -0.171. The highest BCUT2D eigenvalue weighted by Crippen LogP contribution is 2.20. The number of carbonyl (C=O) groups excluding carboxylic acids is 1. The fraction of sp³-hybridized carbons (Fsp3) is 0.533. The smallest absolute Gasteiger partial charge is 0.272 e. The van der Waals surface area contributed by atoms with Gasteiger partial charge in [0, 0.05) is 29.7 Å². The quantitative estimate of drug-likeness (QED) is 0.900. The SMILES string of the molecule is CCCC(=O)NCc1cc(=O)n2[nH]c(C(C)(C)C)cc2n1. The Kier molecular flexibility index (Phi) is 4.16. The Morgan fingerprint density at radius 3 is 2.71 bits per heavy atom. The van der Waals surface area contributed by atoms with Crippen LogP contribution < -0.4 is 10.9 Å². The normalized spacial score (nSPS) is 11.8. The van der Waals surface area contributed by atoms with Gasteiger partial charge in [0.1, 0.15) is 0 Å². The fourth-order valence-electron chi connectivity index (χ4n) is 2.02. The van der Waals surface area contributed by atoms with Crippen molar-refractivity contribution < 1.29 is 4.79 Å². The molecule has 0 bridgehead atoms. The van der Waals surface area contributed by atoms with Gasteiger partial charge >= 0.3 is 0 Å². The van der Waals surface area contributed by atoms with E-state index >= 15 is 0 Å². The van der Waals surface area contributed by atoms with E-state index < -0.39 is 0 Å². The molecular formula is C15H22N4O2. The number of nitrogens with one attached hydrogen (secondary N) is 2. The lowest BCUT2D eigenvalue weighted by Gasteiger charge is -2.14. The molecule has 21 heavy (non-hydrogen) atoms. The predicted octanol–water partition coefficient (Wildman–Crippen LogP) is 1.74. The summed E-state index contributed by atoms with van der Waals surface area (Å²) in [7, 11) is 0.